The van der Waals surface area contributed by atoms with Gasteiger partial charge in [0.15, 0.2) is 0 Å². The molecule has 2 fully saturated rings. The van der Waals surface area contributed by atoms with Crippen molar-refractivity contribution in [3.05, 3.63) is 58.0 Å². The molecule has 3 aromatic rings. The highest BCUT2D eigenvalue weighted by Gasteiger charge is 2.27. The highest BCUT2D eigenvalue weighted by molar-refractivity contribution is 5.84. The summed E-state index contributed by atoms with van der Waals surface area (Å²) in [5, 5.41) is 1.09. The van der Waals surface area contributed by atoms with Crippen molar-refractivity contribution < 1.29 is 4.74 Å². The summed E-state index contributed by atoms with van der Waals surface area (Å²) in [7, 11) is 4.34. The van der Waals surface area contributed by atoms with Crippen LogP contribution in [0.3, 0.4) is 0 Å². The number of morpholine rings is 1. The number of benzene rings is 1. The molecule has 0 bridgehead atoms. The number of pyridine rings is 1. The van der Waals surface area contributed by atoms with Crippen molar-refractivity contribution in [2.75, 3.05) is 58.4 Å². The summed E-state index contributed by atoms with van der Waals surface area (Å²) in [5.74, 6) is 1.25. The number of hydrogen-bond donors (Lipinski definition) is 1. The molecule has 7 heteroatoms. The van der Waals surface area contributed by atoms with Crippen molar-refractivity contribution in [1.82, 2.24) is 19.4 Å². The molecule has 0 spiro atoms. The van der Waals surface area contributed by atoms with E-state index in [2.05, 4.69) is 62.6 Å². The molecule has 2 aromatic heterocycles. The molecule has 1 atom stereocenters. The Morgan fingerprint density at radius 3 is 2.66 bits per heavy atom. The van der Waals surface area contributed by atoms with Crippen LogP contribution in [0.5, 0.6) is 0 Å². The maximum atomic E-state index is 11.9. The number of ether oxygens (including phenoxy) is 1. The maximum absolute atomic E-state index is 11.9. The Morgan fingerprint density at radius 1 is 1.09 bits per heavy atom. The van der Waals surface area contributed by atoms with E-state index in [0.29, 0.717) is 6.04 Å². The van der Waals surface area contributed by atoms with Crippen molar-refractivity contribution in [3.8, 4) is 5.69 Å². The van der Waals surface area contributed by atoms with E-state index in [1.165, 1.54) is 17.9 Å². The molecule has 2 aliphatic rings. The summed E-state index contributed by atoms with van der Waals surface area (Å²) in [4.78, 5) is 22.2. The first kappa shape index (κ1) is 21.2. The zero-order chi connectivity index (χ0) is 22.2. The van der Waals surface area contributed by atoms with Gasteiger partial charge in [-0.15, -0.1) is 0 Å². The quantitative estimate of drug-likeness (QED) is 0.668. The van der Waals surface area contributed by atoms with Crippen molar-refractivity contribution in [3.63, 3.8) is 0 Å². The lowest BCUT2D eigenvalue weighted by Crippen LogP contribution is -2.36. The second-order valence-corrected chi connectivity index (χ2v) is 9.31. The molecule has 7 nitrogen and oxygen atoms in total. The molecule has 0 saturated carbocycles. The van der Waals surface area contributed by atoms with Gasteiger partial charge in [0.25, 0.3) is 0 Å². The molecular weight excluding hydrogens is 402 g/mol. The molecule has 5 rings (SSSR count). The first-order valence-corrected chi connectivity index (χ1v) is 11.6. The molecule has 2 saturated heterocycles. The number of fused-ring (bicyclic) bond motifs is 1. The van der Waals surface area contributed by atoms with Crippen molar-refractivity contribution in [2.24, 2.45) is 0 Å². The molecule has 170 valence electrons. The van der Waals surface area contributed by atoms with Gasteiger partial charge in [-0.05, 0) is 63.3 Å². The third-order valence-corrected chi connectivity index (χ3v) is 6.94. The zero-order valence-electron chi connectivity index (χ0n) is 19.3. The fourth-order valence-electron chi connectivity index (χ4n) is 5.04. The fourth-order valence-corrected chi connectivity index (χ4v) is 5.04. The summed E-state index contributed by atoms with van der Waals surface area (Å²) >= 11 is 0. The van der Waals surface area contributed by atoms with Gasteiger partial charge in [-0.25, -0.2) is 0 Å². The number of rotatable bonds is 5. The Balaban J connectivity index is 1.57. The highest BCUT2D eigenvalue weighted by atomic mass is 16.5. The van der Waals surface area contributed by atoms with Crippen LogP contribution in [0.4, 0.5) is 5.82 Å². The van der Waals surface area contributed by atoms with Crippen molar-refractivity contribution in [1.29, 1.82) is 0 Å². The first-order valence-electron chi connectivity index (χ1n) is 11.6. The number of nitrogens with one attached hydrogen (secondary N) is 1. The van der Waals surface area contributed by atoms with Crippen LogP contribution < -0.4 is 10.5 Å². The van der Waals surface area contributed by atoms with Crippen LogP contribution in [-0.2, 0) is 11.3 Å². The largest absolute Gasteiger partial charge is 0.379 e. The van der Waals surface area contributed by atoms with Crippen LogP contribution in [0.2, 0.25) is 0 Å². The summed E-state index contributed by atoms with van der Waals surface area (Å²) in [6, 6.07) is 13.2. The zero-order valence-corrected chi connectivity index (χ0v) is 19.3. The Hall–Kier alpha value is -2.61. The summed E-state index contributed by atoms with van der Waals surface area (Å²) in [5.41, 5.74) is 4.27. The van der Waals surface area contributed by atoms with Crippen molar-refractivity contribution in [2.45, 2.75) is 25.9 Å². The number of aromatic nitrogens is 2. The third-order valence-electron chi connectivity index (χ3n) is 6.94. The number of hydrogen-bond acceptors (Lipinski definition) is 5. The van der Waals surface area contributed by atoms with Gasteiger partial charge in [0.2, 0.25) is 5.56 Å². The van der Waals surface area contributed by atoms with Gasteiger partial charge in [-0.1, -0.05) is 0 Å². The Kier molecular flexibility index (Phi) is 5.80. The highest BCUT2D eigenvalue weighted by Crippen LogP contribution is 2.31. The molecule has 2 aliphatic heterocycles. The van der Waals surface area contributed by atoms with E-state index in [0.717, 1.165) is 68.1 Å². The van der Waals surface area contributed by atoms with E-state index in [1.54, 1.807) is 6.07 Å². The van der Waals surface area contributed by atoms with Gasteiger partial charge < -0.3 is 19.5 Å². The van der Waals surface area contributed by atoms with E-state index in [9.17, 15) is 4.79 Å². The number of likely N-dealkylation sites (N-methyl/N-ethyl adjacent to an activating group) is 1. The lowest BCUT2D eigenvalue weighted by Gasteiger charge is -2.28. The monoisotopic (exact) mass is 435 g/mol. The fraction of sp³-hybridized carbons (Fsp3) is 0.480. The number of aryl methyl sites for hydroxylation is 1. The molecule has 1 aromatic carbocycles. The van der Waals surface area contributed by atoms with Gasteiger partial charge in [0.05, 0.1) is 13.2 Å². The Labute approximate surface area is 189 Å². The molecule has 4 heterocycles. The second kappa shape index (κ2) is 8.73. The van der Waals surface area contributed by atoms with Crippen LogP contribution in [0.1, 0.15) is 17.7 Å². The average Bonchev–Trinajstić information content (AvgIpc) is 3.42. The molecule has 1 unspecified atom stereocenters. The SMILES string of the molecule is Cc1cc(=O)[nH]c2ccc(-n3c(CN4CCOCC4)ccc3N3CCC(N(C)C)C3)cc12. The van der Waals surface area contributed by atoms with Gasteiger partial charge in [0.1, 0.15) is 5.82 Å². The van der Waals surface area contributed by atoms with Gasteiger partial charge in [0, 0.05) is 67.1 Å². The van der Waals surface area contributed by atoms with E-state index >= 15 is 0 Å². The third kappa shape index (κ3) is 4.08. The van der Waals surface area contributed by atoms with Crippen LogP contribution in [0.15, 0.2) is 41.2 Å². The minimum atomic E-state index is -0.0517. The van der Waals surface area contributed by atoms with E-state index in [-0.39, 0.29) is 5.56 Å². The van der Waals surface area contributed by atoms with E-state index in [4.69, 9.17) is 4.74 Å². The number of anilines is 1. The van der Waals surface area contributed by atoms with Gasteiger partial charge in [-0.3, -0.25) is 14.3 Å². The predicted octanol–water partition coefficient (Wildman–Crippen LogP) is 2.60. The molecule has 32 heavy (non-hydrogen) atoms. The van der Waals surface area contributed by atoms with Crippen molar-refractivity contribution >= 4 is 16.7 Å². The van der Waals surface area contributed by atoms with Crippen LogP contribution in [0, 0.1) is 6.92 Å². The Morgan fingerprint density at radius 2 is 1.91 bits per heavy atom. The first-order chi connectivity index (χ1) is 15.5. The Bertz CT molecular complexity index is 1160. The standard InChI is InChI=1S/C25H33N5O2/c1-18-14-24(31)26-23-6-4-19(15-22(18)23)30-21(16-28-10-12-32-13-11-28)5-7-25(30)29-9-8-20(17-29)27(2)3/h4-7,14-15,20H,8-13,16-17H2,1-3H3,(H,26,31). The lowest BCUT2D eigenvalue weighted by molar-refractivity contribution is 0.0334. The van der Waals surface area contributed by atoms with Crippen LogP contribution in [0.25, 0.3) is 16.6 Å². The van der Waals surface area contributed by atoms with Crippen LogP contribution >= 0.6 is 0 Å². The second-order valence-electron chi connectivity index (χ2n) is 9.31. The topological polar surface area (TPSA) is 56.7 Å². The van der Waals surface area contributed by atoms with E-state index in [1.807, 2.05) is 13.0 Å². The minimum absolute atomic E-state index is 0.0517. The summed E-state index contributed by atoms with van der Waals surface area (Å²) in [6.45, 7) is 8.53. The smallest absolute Gasteiger partial charge is 0.248 e. The van der Waals surface area contributed by atoms with Gasteiger partial charge >= 0.3 is 0 Å². The lowest BCUT2D eigenvalue weighted by atomic mass is 10.1. The minimum Gasteiger partial charge on any atom is -0.379 e. The molecule has 0 amide bonds. The summed E-state index contributed by atoms with van der Waals surface area (Å²) in [6.07, 6.45) is 1.18. The van der Waals surface area contributed by atoms with Crippen LogP contribution in [-0.4, -0.2) is 78.9 Å². The van der Waals surface area contributed by atoms with Gasteiger partial charge in [-0.2, -0.15) is 0 Å². The number of nitrogens with zero attached hydrogens (tertiary/aromatic N) is 4. The maximum Gasteiger partial charge on any atom is 0.248 e. The number of H-pyrrole nitrogens is 1. The molecule has 1 N–H and O–H groups in total. The summed E-state index contributed by atoms with van der Waals surface area (Å²) < 4.78 is 7.97. The predicted molar refractivity (Wildman–Crippen MR) is 129 cm³/mol. The molecular formula is C25H33N5O2. The normalized spacial score (nSPS) is 20.0. The number of aromatic amines is 1. The van der Waals surface area contributed by atoms with E-state index < -0.39 is 0 Å². The average molecular weight is 436 g/mol. The molecule has 0 radical (unpaired) electrons. The molecule has 0 aliphatic carbocycles.